The maximum absolute atomic E-state index is 14.1. The molecular formula is C20H16ClFN5O5S2+. The van der Waals surface area contributed by atoms with E-state index in [9.17, 15) is 27.2 Å². The Hall–Kier alpha value is -3.52. The quantitative estimate of drug-likeness (QED) is 0.314. The lowest BCUT2D eigenvalue weighted by molar-refractivity contribution is -0.379. The van der Waals surface area contributed by atoms with Crippen molar-refractivity contribution in [1.29, 1.82) is 0 Å². The van der Waals surface area contributed by atoms with Crippen LogP contribution < -0.4 is 26.6 Å². The van der Waals surface area contributed by atoms with Crippen LogP contribution in [0.2, 0.25) is 4.34 Å². The van der Waals surface area contributed by atoms with Crippen LogP contribution in [0.15, 0.2) is 62.3 Å². The zero-order valence-electron chi connectivity index (χ0n) is 17.3. The van der Waals surface area contributed by atoms with Gasteiger partial charge in [0.15, 0.2) is 4.21 Å². The fourth-order valence-corrected chi connectivity index (χ4v) is 5.69. The number of quaternary nitrogens is 1. The molecule has 5 N–H and O–H groups in total. The topological polar surface area (TPSA) is 147 Å². The minimum absolute atomic E-state index is 0.0260. The van der Waals surface area contributed by atoms with Crippen molar-refractivity contribution in [2.24, 2.45) is 0 Å². The molecule has 34 heavy (non-hydrogen) atoms. The van der Waals surface area contributed by atoms with Crippen molar-refractivity contribution >= 4 is 61.3 Å². The second kappa shape index (κ2) is 9.02. The molecule has 4 rings (SSSR count). The molecule has 0 fully saturated rings. The minimum Gasteiger partial charge on any atom is -0.386 e. The molecule has 0 radical (unpaired) electrons. The molecule has 0 saturated heterocycles. The molecule has 0 aliphatic carbocycles. The molecule has 2 amide bonds. The Morgan fingerprint density at radius 3 is 2.47 bits per heavy atom. The summed E-state index contributed by atoms with van der Waals surface area (Å²) >= 11 is 6.57. The zero-order chi connectivity index (χ0) is 24.6. The number of benzene rings is 2. The van der Waals surface area contributed by atoms with Gasteiger partial charge in [-0.2, -0.15) is 13.1 Å². The SMILES string of the molecule is CNc1cc2[nH]c(=O)n(-c3ccc(NC(=O)[NH2+]S(=O)(=O)c4ccc(Cl)s4)cc3)c(=O)c2cc1F. The largest absolute Gasteiger partial charge is 0.433 e. The van der Waals surface area contributed by atoms with Gasteiger partial charge in [-0.1, -0.05) is 11.6 Å². The predicted octanol–water partition coefficient (Wildman–Crippen LogP) is 2.06. The lowest BCUT2D eigenvalue weighted by atomic mass is 10.2. The fourth-order valence-electron chi connectivity index (χ4n) is 3.18. The zero-order valence-corrected chi connectivity index (χ0v) is 19.6. The molecule has 4 aromatic rings. The molecule has 14 heteroatoms. The number of carbonyl (C=O) groups excluding carboxylic acids is 1. The second-order valence-electron chi connectivity index (χ2n) is 6.96. The van der Waals surface area contributed by atoms with E-state index in [2.05, 4.69) is 15.6 Å². The molecule has 0 unspecified atom stereocenters. The van der Waals surface area contributed by atoms with Gasteiger partial charge < -0.3 is 10.3 Å². The lowest BCUT2D eigenvalue weighted by Gasteiger charge is -2.09. The predicted molar refractivity (Wildman–Crippen MR) is 127 cm³/mol. The van der Waals surface area contributed by atoms with E-state index < -0.39 is 33.1 Å². The van der Waals surface area contributed by atoms with Gasteiger partial charge in [0, 0.05) is 12.7 Å². The average molecular weight is 525 g/mol. The molecule has 0 atom stereocenters. The Labute approximate surface area is 200 Å². The lowest BCUT2D eigenvalue weighted by Crippen LogP contribution is -2.91. The number of fused-ring (bicyclic) bond motifs is 1. The number of aromatic amines is 1. The van der Waals surface area contributed by atoms with Gasteiger partial charge in [0.25, 0.3) is 5.56 Å². The number of anilines is 2. The highest BCUT2D eigenvalue weighted by atomic mass is 35.5. The van der Waals surface area contributed by atoms with Gasteiger partial charge in [0.1, 0.15) is 5.82 Å². The first-order valence-corrected chi connectivity index (χ1v) is 12.3. The van der Waals surface area contributed by atoms with Crippen molar-refractivity contribution in [2.45, 2.75) is 4.21 Å². The van der Waals surface area contributed by atoms with E-state index in [1.807, 2.05) is 0 Å². The van der Waals surface area contributed by atoms with Gasteiger partial charge in [-0.15, -0.1) is 11.3 Å². The first-order chi connectivity index (χ1) is 16.1. The number of amides is 2. The number of carbonyl (C=O) groups is 1. The fraction of sp³-hybridized carbons (Fsp3) is 0.0500. The van der Waals surface area contributed by atoms with Crippen molar-refractivity contribution in [3.63, 3.8) is 0 Å². The number of sulfonamides is 1. The number of urea groups is 1. The van der Waals surface area contributed by atoms with E-state index in [4.69, 9.17) is 11.6 Å². The van der Waals surface area contributed by atoms with Crippen LogP contribution in [-0.2, 0) is 10.0 Å². The van der Waals surface area contributed by atoms with E-state index in [1.54, 1.807) is 0 Å². The van der Waals surface area contributed by atoms with Gasteiger partial charge in [0.05, 0.1) is 26.6 Å². The number of nitrogens with two attached hydrogens (primary N) is 1. The summed E-state index contributed by atoms with van der Waals surface area (Å²) in [6.45, 7) is 0. The summed E-state index contributed by atoms with van der Waals surface area (Å²) < 4.78 is 40.2. The number of H-pyrrole nitrogens is 1. The smallest absolute Gasteiger partial charge is 0.386 e. The maximum atomic E-state index is 14.1. The molecule has 0 spiro atoms. The minimum atomic E-state index is -3.98. The second-order valence-corrected chi connectivity index (χ2v) is 10.7. The van der Waals surface area contributed by atoms with Gasteiger partial charge >= 0.3 is 21.7 Å². The van der Waals surface area contributed by atoms with Crippen molar-refractivity contribution in [3.8, 4) is 5.69 Å². The number of rotatable bonds is 5. The molecule has 10 nitrogen and oxygen atoms in total. The Balaban J connectivity index is 1.58. The average Bonchev–Trinajstić information content (AvgIpc) is 3.22. The summed E-state index contributed by atoms with van der Waals surface area (Å²) in [7, 11) is -2.47. The first-order valence-electron chi connectivity index (χ1n) is 9.52. The van der Waals surface area contributed by atoms with Gasteiger partial charge in [-0.3, -0.25) is 10.1 Å². The number of primary sulfonamides is 1. The molecule has 0 aliphatic rings. The van der Waals surface area contributed by atoms with E-state index >= 15 is 0 Å². The Morgan fingerprint density at radius 2 is 1.85 bits per heavy atom. The monoisotopic (exact) mass is 524 g/mol. The number of thiophene rings is 1. The number of aromatic nitrogens is 2. The van der Waals surface area contributed by atoms with Crippen LogP contribution in [0.5, 0.6) is 0 Å². The Bertz CT molecular complexity index is 1640. The van der Waals surface area contributed by atoms with Gasteiger partial charge in [-0.25, -0.2) is 18.5 Å². The molecule has 0 bridgehead atoms. The highest BCUT2D eigenvalue weighted by Gasteiger charge is 2.25. The number of hydrogen-bond acceptors (Lipinski definition) is 7. The van der Waals surface area contributed by atoms with E-state index in [0.717, 1.165) is 22.0 Å². The van der Waals surface area contributed by atoms with Crippen LogP contribution >= 0.6 is 22.9 Å². The highest BCUT2D eigenvalue weighted by molar-refractivity contribution is 7.87. The number of nitrogens with zero attached hydrogens (tertiary/aromatic N) is 1. The molecule has 0 aliphatic heterocycles. The third kappa shape index (κ3) is 4.59. The Kier molecular flexibility index (Phi) is 6.27. The molecule has 176 valence electrons. The number of hydrogen-bond donors (Lipinski definition) is 4. The van der Waals surface area contributed by atoms with Crippen LogP contribution in [0.3, 0.4) is 0 Å². The Morgan fingerprint density at radius 1 is 1.15 bits per heavy atom. The molecule has 0 saturated carbocycles. The van der Waals surface area contributed by atoms with E-state index in [-0.39, 0.29) is 36.5 Å². The molecule has 2 heterocycles. The number of nitrogens with one attached hydrogen (secondary N) is 3. The van der Waals surface area contributed by atoms with Crippen LogP contribution in [0.1, 0.15) is 0 Å². The molecule has 2 aromatic carbocycles. The van der Waals surface area contributed by atoms with E-state index in [0.29, 0.717) is 4.72 Å². The standard InChI is InChI=1S/C20H15ClFN5O5S2/c1-23-15-9-14-12(8-13(15)22)18(28)27(20(30)25-14)11-4-2-10(3-5-11)24-19(29)26-34(31,32)17-7-6-16(21)33-17/h2-9,23H,1H3,(H,25,30)(H2,24,26,29)/p+1. The summed E-state index contributed by atoms with van der Waals surface area (Å²) in [6.07, 6.45) is 0. The summed E-state index contributed by atoms with van der Waals surface area (Å²) in [4.78, 5) is 40.1. The van der Waals surface area contributed by atoms with Crippen LogP contribution in [0, 0.1) is 5.82 Å². The summed E-state index contributed by atoms with van der Waals surface area (Å²) in [5.41, 5.74) is -0.789. The maximum Gasteiger partial charge on any atom is 0.433 e. The highest BCUT2D eigenvalue weighted by Crippen LogP contribution is 2.24. The van der Waals surface area contributed by atoms with E-state index in [1.165, 1.54) is 49.5 Å². The summed E-state index contributed by atoms with van der Waals surface area (Å²) in [5, 5.41) is 5.01. The summed E-state index contributed by atoms with van der Waals surface area (Å²) in [6, 6.07) is 9.70. The molecule has 2 aromatic heterocycles. The normalized spacial score (nSPS) is 11.5. The van der Waals surface area contributed by atoms with Crippen LogP contribution in [0.25, 0.3) is 16.6 Å². The van der Waals surface area contributed by atoms with Crippen molar-refractivity contribution in [1.82, 2.24) is 9.55 Å². The first kappa shape index (κ1) is 23.6. The van der Waals surface area contributed by atoms with Crippen LogP contribution in [-0.4, -0.2) is 31.0 Å². The molecular weight excluding hydrogens is 509 g/mol. The van der Waals surface area contributed by atoms with Crippen molar-refractivity contribution in [3.05, 3.63) is 79.5 Å². The van der Waals surface area contributed by atoms with Crippen LogP contribution in [0.4, 0.5) is 20.6 Å². The van der Waals surface area contributed by atoms with Crippen molar-refractivity contribution < 1.29 is 22.3 Å². The summed E-state index contributed by atoms with van der Waals surface area (Å²) in [5.74, 6) is -0.653. The number of primary amides is 1. The third-order valence-corrected chi connectivity index (χ3v) is 7.93. The third-order valence-electron chi connectivity index (χ3n) is 4.74. The number of halogens is 2. The van der Waals surface area contributed by atoms with Gasteiger partial charge in [0.2, 0.25) is 0 Å². The van der Waals surface area contributed by atoms with Crippen molar-refractivity contribution in [2.75, 3.05) is 17.7 Å². The van der Waals surface area contributed by atoms with Gasteiger partial charge in [-0.05, 0) is 48.5 Å².